The number of hydrogen-bond acceptors (Lipinski definition) is 5. The van der Waals surface area contributed by atoms with E-state index in [9.17, 15) is 18.0 Å². The van der Waals surface area contributed by atoms with Crippen molar-refractivity contribution in [3.8, 4) is 10.4 Å². The van der Waals surface area contributed by atoms with E-state index in [-0.39, 0.29) is 6.04 Å². The van der Waals surface area contributed by atoms with Crippen LogP contribution in [-0.2, 0) is 12.6 Å². The molecule has 152 valence electrons. The fourth-order valence-corrected chi connectivity index (χ4v) is 3.54. The average molecular weight is 420 g/mol. The highest BCUT2D eigenvalue weighted by Gasteiger charge is 2.29. The number of thiazole rings is 1. The molecule has 29 heavy (non-hydrogen) atoms. The van der Waals surface area contributed by atoms with Crippen LogP contribution in [0.25, 0.3) is 10.4 Å². The van der Waals surface area contributed by atoms with E-state index in [1.165, 1.54) is 23.5 Å². The van der Waals surface area contributed by atoms with Crippen LogP contribution in [0.2, 0.25) is 0 Å². The molecule has 5 N–H and O–H groups in total. The van der Waals surface area contributed by atoms with Gasteiger partial charge in [0.25, 0.3) is 0 Å². The lowest BCUT2D eigenvalue weighted by molar-refractivity contribution is -0.137. The number of nitrogens with one attached hydrogen (secondary N) is 1. The maximum Gasteiger partial charge on any atom is 0.416 e. The molecule has 5 nitrogen and oxygen atoms in total. The van der Waals surface area contributed by atoms with E-state index in [1.807, 2.05) is 0 Å². The fourth-order valence-electron chi connectivity index (χ4n) is 2.71. The van der Waals surface area contributed by atoms with Crippen LogP contribution >= 0.6 is 11.3 Å². The number of primary amides is 1. The second-order valence-corrected chi connectivity index (χ2v) is 7.54. The number of hydrogen-bond donors (Lipinski definition) is 3. The number of nitrogens with two attached hydrogens (primary N) is 2. The molecule has 0 unspecified atom stereocenters. The number of carbonyl (C=O) groups excluding carboxylic acids is 1. The number of alkyl halides is 3. The number of aromatic nitrogens is 1. The zero-order chi connectivity index (χ0) is 21.0. The van der Waals surface area contributed by atoms with Gasteiger partial charge in [0.05, 0.1) is 10.4 Å². The number of amides is 1. The summed E-state index contributed by atoms with van der Waals surface area (Å²) < 4.78 is 37.8. The van der Waals surface area contributed by atoms with Crippen LogP contribution in [0.5, 0.6) is 0 Å². The Hall–Kier alpha value is -2.91. The third kappa shape index (κ3) is 5.55. The van der Waals surface area contributed by atoms with Gasteiger partial charge in [-0.3, -0.25) is 4.79 Å². The summed E-state index contributed by atoms with van der Waals surface area (Å²) in [6, 6.07) is 11.6. The van der Waals surface area contributed by atoms with Crippen molar-refractivity contribution in [2.75, 3.05) is 11.9 Å². The van der Waals surface area contributed by atoms with Crippen LogP contribution in [0.15, 0.2) is 54.7 Å². The molecule has 0 bridgehead atoms. The Morgan fingerprint density at radius 1 is 1.10 bits per heavy atom. The van der Waals surface area contributed by atoms with Gasteiger partial charge in [-0.2, -0.15) is 13.2 Å². The van der Waals surface area contributed by atoms with Crippen molar-refractivity contribution in [3.05, 3.63) is 71.4 Å². The smallest absolute Gasteiger partial charge is 0.366 e. The molecule has 1 amide bonds. The number of anilines is 1. The second-order valence-electron chi connectivity index (χ2n) is 6.51. The predicted molar refractivity (Wildman–Crippen MR) is 108 cm³/mol. The van der Waals surface area contributed by atoms with Gasteiger partial charge in [-0.25, -0.2) is 4.98 Å². The summed E-state index contributed by atoms with van der Waals surface area (Å²) in [5.74, 6) is -0.481. The SMILES string of the molecule is NC(=O)c1ccc(-c2cnc(NC[C@@H](N)Cc3ccc(C(F)(F)F)cc3)s2)cc1. The van der Waals surface area contributed by atoms with Crippen molar-refractivity contribution >= 4 is 22.4 Å². The van der Waals surface area contributed by atoms with E-state index in [2.05, 4.69) is 10.3 Å². The van der Waals surface area contributed by atoms with Gasteiger partial charge in [-0.1, -0.05) is 35.6 Å². The van der Waals surface area contributed by atoms with E-state index >= 15 is 0 Å². The van der Waals surface area contributed by atoms with Crippen molar-refractivity contribution in [1.82, 2.24) is 4.98 Å². The first-order chi connectivity index (χ1) is 13.7. The van der Waals surface area contributed by atoms with Crippen LogP contribution in [0.3, 0.4) is 0 Å². The van der Waals surface area contributed by atoms with Gasteiger partial charge in [0.15, 0.2) is 5.13 Å². The summed E-state index contributed by atoms with van der Waals surface area (Å²) >= 11 is 1.43. The summed E-state index contributed by atoms with van der Waals surface area (Å²) in [7, 11) is 0. The molecule has 3 aromatic rings. The normalized spacial score (nSPS) is 12.6. The largest absolute Gasteiger partial charge is 0.416 e. The van der Waals surface area contributed by atoms with Crippen molar-refractivity contribution in [3.63, 3.8) is 0 Å². The molecule has 0 aliphatic rings. The maximum atomic E-state index is 12.6. The van der Waals surface area contributed by atoms with Gasteiger partial charge in [0, 0.05) is 24.3 Å². The Morgan fingerprint density at radius 2 is 1.76 bits per heavy atom. The Kier molecular flexibility index (Phi) is 6.19. The quantitative estimate of drug-likeness (QED) is 0.540. The molecule has 9 heteroatoms. The van der Waals surface area contributed by atoms with Gasteiger partial charge in [-0.05, 0) is 41.8 Å². The van der Waals surface area contributed by atoms with Crippen molar-refractivity contribution in [2.24, 2.45) is 11.5 Å². The monoisotopic (exact) mass is 420 g/mol. The fraction of sp³-hybridized carbons (Fsp3) is 0.200. The second kappa shape index (κ2) is 8.62. The Morgan fingerprint density at radius 3 is 2.34 bits per heavy atom. The predicted octanol–water partition coefficient (Wildman–Crippen LogP) is 3.91. The Balaban J connectivity index is 1.54. The molecular formula is C20H19F3N4OS. The third-order valence-electron chi connectivity index (χ3n) is 4.25. The van der Waals surface area contributed by atoms with E-state index in [0.717, 1.165) is 28.1 Å². The molecule has 1 heterocycles. The van der Waals surface area contributed by atoms with Crippen molar-refractivity contribution in [2.45, 2.75) is 18.6 Å². The minimum Gasteiger partial charge on any atom is -0.366 e. The topological polar surface area (TPSA) is 94.0 Å². The molecule has 1 aromatic heterocycles. The molecule has 0 fully saturated rings. The lowest BCUT2D eigenvalue weighted by Crippen LogP contribution is -2.31. The molecular weight excluding hydrogens is 401 g/mol. The first-order valence-corrected chi connectivity index (χ1v) is 9.55. The Bertz CT molecular complexity index is 969. The zero-order valence-corrected chi connectivity index (χ0v) is 16.1. The summed E-state index contributed by atoms with van der Waals surface area (Å²) in [6.45, 7) is 0.425. The average Bonchev–Trinajstić information content (AvgIpc) is 3.15. The van der Waals surface area contributed by atoms with Crippen LogP contribution < -0.4 is 16.8 Å². The highest BCUT2D eigenvalue weighted by atomic mass is 32.1. The molecule has 0 aliphatic heterocycles. The third-order valence-corrected chi connectivity index (χ3v) is 5.26. The number of benzene rings is 2. The number of rotatable bonds is 7. The van der Waals surface area contributed by atoms with Crippen LogP contribution in [0, 0.1) is 0 Å². The number of nitrogens with zero attached hydrogens (tertiary/aromatic N) is 1. The zero-order valence-electron chi connectivity index (χ0n) is 15.2. The standard InChI is InChI=1S/C20H19F3N4OS/c21-20(22,23)15-7-1-12(2-8-15)9-16(24)10-26-19-27-11-17(29-19)13-3-5-14(6-4-13)18(25)28/h1-8,11,16H,9-10,24H2,(H2,25,28)(H,26,27)/t16-/m0/s1. The Labute approximate surface area is 169 Å². The minimum absolute atomic E-state index is 0.283. The molecule has 3 rings (SSSR count). The molecule has 0 saturated carbocycles. The molecule has 0 saturated heterocycles. The van der Waals surface area contributed by atoms with E-state index in [0.29, 0.717) is 23.7 Å². The number of halogens is 3. The first-order valence-electron chi connectivity index (χ1n) is 8.74. The van der Waals surface area contributed by atoms with Crippen LogP contribution in [0.1, 0.15) is 21.5 Å². The van der Waals surface area contributed by atoms with Gasteiger partial charge in [-0.15, -0.1) is 0 Å². The van der Waals surface area contributed by atoms with E-state index in [1.54, 1.807) is 30.5 Å². The highest BCUT2D eigenvalue weighted by molar-refractivity contribution is 7.18. The lowest BCUT2D eigenvalue weighted by atomic mass is 10.0. The molecule has 0 radical (unpaired) electrons. The van der Waals surface area contributed by atoms with Crippen molar-refractivity contribution < 1.29 is 18.0 Å². The van der Waals surface area contributed by atoms with E-state index in [4.69, 9.17) is 11.5 Å². The van der Waals surface area contributed by atoms with E-state index < -0.39 is 17.6 Å². The van der Waals surface area contributed by atoms with Gasteiger partial charge < -0.3 is 16.8 Å². The highest BCUT2D eigenvalue weighted by Crippen LogP contribution is 2.30. The van der Waals surface area contributed by atoms with Gasteiger partial charge in [0.1, 0.15) is 0 Å². The molecule has 2 aromatic carbocycles. The van der Waals surface area contributed by atoms with Crippen molar-refractivity contribution in [1.29, 1.82) is 0 Å². The summed E-state index contributed by atoms with van der Waals surface area (Å²) in [4.78, 5) is 16.4. The lowest BCUT2D eigenvalue weighted by Gasteiger charge is -2.13. The summed E-state index contributed by atoms with van der Waals surface area (Å²) in [5.41, 5.74) is 12.7. The van der Waals surface area contributed by atoms with Crippen LogP contribution in [0.4, 0.5) is 18.3 Å². The summed E-state index contributed by atoms with van der Waals surface area (Å²) in [6.07, 6.45) is -2.18. The number of carbonyl (C=O) groups is 1. The minimum atomic E-state index is -4.34. The van der Waals surface area contributed by atoms with Gasteiger partial charge in [0.2, 0.25) is 5.91 Å². The first kappa shape index (κ1) is 20.8. The summed E-state index contributed by atoms with van der Waals surface area (Å²) in [5, 5.41) is 3.83. The molecule has 1 atom stereocenters. The maximum absolute atomic E-state index is 12.6. The van der Waals surface area contributed by atoms with Crippen LogP contribution in [-0.4, -0.2) is 23.5 Å². The molecule has 0 aliphatic carbocycles. The van der Waals surface area contributed by atoms with Gasteiger partial charge >= 0.3 is 6.18 Å². The molecule has 0 spiro atoms.